The van der Waals surface area contributed by atoms with Gasteiger partial charge in [-0.15, -0.1) is 0 Å². The Morgan fingerprint density at radius 3 is 2.40 bits per heavy atom. The van der Waals surface area contributed by atoms with Crippen LogP contribution in [0.2, 0.25) is 0 Å². The quantitative estimate of drug-likeness (QED) is 0.524. The van der Waals surface area contributed by atoms with Crippen molar-refractivity contribution in [2.24, 2.45) is 0 Å². The van der Waals surface area contributed by atoms with Crippen molar-refractivity contribution in [1.29, 1.82) is 0 Å². The molecule has 4 aromatic rings. The number of carbonyl (C=O) groups is 1. The molecule has 5 heteroatoms. The minimum absolute atomic E-state index is 0.0427. The molecule has 0 unspecified atom stereocenters. The van der Waals surface area contributed by atoms with Gasteiger partial charge in [0.2, 0.25) is 0 Å². The molecule has 5 rings (SSSR count). The predicted octanol–water partition coefficient (Wildman–Crippen LogP) is 3.98. The highest BCUT2D eigenvalue weighted by Crippen LogP contribution is 2.21. The summed E-state index contributed by atoms with van der Waals surface area (Å²) in [6.07, 6.45) is 3.37. The van der Waals surface area contributed by atoms with Crippen LogP contribution in [0.5, 0.6) is 0 Å². The number of carbonyl (C=O) groups excluding carboxylic acids is 1. The van der Waals surface area contributed by atoms with Crippen LogP contribution >= 0.6 is 0 Å². The van der Waals surface area contributed by atoms with Crippen molar-refractivity contribution in [3.8, 4) is 5.69 Å². The van der Waals surface area contributed by atoms with Crippen LogP contribution in [0.1, 0.15) is 16.1 Å². The first-order valence-electron chi connectivity index (χ1n) is 10.4. The molecule has 3 aromatic carbocycles. The average Bonchev–Trinajstić information content (AvgIpc) is 3.30. The number of piperazine rings is 1. The maximum Gasteiger partial charge on any atom is 0.272 e. The summed E-state index contributed by atoms with van der Waals surface area (Å²) in [6.45, 7) is 4.10. The maximum absolute atomic E-state index is 13.1. The van der Waals surface area contributed by atoms with Crippen LogP contribution in [-0.2, 0) is 6.54 Å². The van der Waals surface area contributed by atoms with Crippen LogP contribution in [0.25, 0.3) is 16.5 Å². The molecule has 2 heterocycles. The number of fused-ring (bicyclic) bond motifs is 1. The first-order chi connectivity index (χ1) is 14.8. The Morgan fingerprint density at radius 1 is 0.833 bits per heavy atom. The van der Waals surface area contributed by atoms with E-state index in [1.807, 2.05) is 39.8 Å². The summed E-state index contributed by atoms with van der Waals surface area (Å²) < 4.78 is 1.87. The second-order valence-corrected chi connectivity index (χ2v) is 7.69. The molecule has 1 aliphatic rings. The number of imidazole rings is 1. The third-order valence-corrected chi connectivity index (χ3v) is 5.83. The van der Waals surface area contributed by atoms with E-state index in [4.69, 9.17) is 0 Å². The first-order valence-corrected chi connectivity index (χ1v) is 10.4. The van der Waals surface area contributed by atoms with Gasteiger partial charge in [-0.05, 0) is 28.5 Å². The molecule has 0 bridgehead atoms. The zero-order valence-electron chi connectivity index (χ0n) is 16.8. The molecule has 0 aliphatic carbocycles. The Labute approximate surface area is 176 Å². The number of benzene rings is 3. The van der Waals surface area contributed by atoms with E-state index in [1.165, 1.54) is 16.3 Å². The molecule has 0 N–H and O–H groups in total. The summed E-state index contributed by atoms with van der Waals surface area (Å²) in [5.74, 6) is 0.0427. The highest BCUT2D eigenvalue weighted by molar-refractivity contribution is 5.93. The van der Waals surface area contributed by atoms with Crippen LogP contribution in [0.4, 0.5) is 0 Å². The van der Waals surface area contributed by atoms with Crippen molar-refractivity contribution in [3.63, 3.8) is 0 Å². The van der Waals surface area contributed by atoms with E-state index >= 15 is 0 Å². The number of rotatable bonds is 4. The monoisotopic (exact) mass is 396 g/mol. The highest BCUT2D eigenvalue weighted by atomic mass is 16.2. The predicted molar refractivity (Wildman–Crippen MR) is 119 cm³/mol. The topological polar surface area (TPSA) is 41.4 Å². The number of aromatic nitrogens is 2. The zero-order valence-corrected chi connectivity index (χ0v) is 16.8. The van der Waals surface area contributed by atoms with Crippen LogP contribution in [-0.4, -0.2) is 51.4 Å². The van der Waals surface area contributed by atoms with Crippen molar-refractivity contribution >= 4 is 16.7 Å². The van der Waals surface area contributed by atoms with E-state index in [1.54, 1.807) is 12.5 Å². The summed E-state index contributed by atoms with van der Waals surface area (Å²) in [4.78, 5) is 21.7. The molecule has 30 heavy (non-hydrogen) atoms. The maximum atomic E-state index is 13.1. The van der Waals surface area contributed by atoms with Gasteiger partial charge in [0.1, 0.15) is 5.69 Å². The van der Waals surface area contributed by atoms with E-state index in [0.29, 0.717) is 5.69 Å². The van der Waals surface area contributed by atoms with E-state index in [0.717, 1.165) is 38.4 Å². The zero-order chi connectivity index (χ0) is 20.3. The molecular weight excluding hydrogens is 372 g/mol. The molecule has 150 valence electrons. The first kappa shape index (κ1) is 18.6. The molecule has 1 fully saturated rings. The highest BCUT2D eigenvalue weighted by Gasteiger charge is 2.25. The lowest BCUT2D eigenvalue weighted by Gasteiger charge is -2.35. The van der Waals surface area contributed by atoms with E-state index < -0.39 is 0 Å². The van der Waals surface area contributed by atoms with Crippen molar-refractivity contribution in [3.05, 3.63) is 96.6 Å². The molecule has 1 aliphatic heterocycles. The van der Waals surface area contributed by atoms with Gasteiger partial charge in [0.25, 0.3) is 5.91 Å². The second kappa shape index (κ2) is 8.13. The van der Waals surface area contributed by atoms with Crippen LogP contribution in [0, 0.1) is 0 Å². The lowest BCUT2D eigenvalue weighted by Crippen LogP contribution is -2.48. The van der Waals surface area contributed by atoms with Crippen LogP contribution < -0.4 is 0 Å². The average molecular weight is 396 g/mol. The van der Waals surface area contributed by atoms with Gasteiger partial charge in [0.15, 0.2) is 0 Å². The van der Waals surface area contributed by atoms with Gasteiger partial charge in [-0.2, -0.15) is 0 Å². The van der Waals surface area contributed by atoms with Gasteiger partial charge in [-0.1, -0.05) is 60.7 Å². The number of nitrogens with zero attached hydrogens (tertiary/aromatic N) is 4. The van der Waals surface area contributed by atoms with Crippen molar-refractivity contribution in [2.45, 2.75) is 6.54 Å². The Morgan fingerprint density at radius 2 is 1.57 bits per heavy atom. The normalized spacial score (nSPS) is 14.9. The van der Waals surface area contributed by atoms with Crippen LogP contribution in [0.15, 0.2) is 85.3 Å². The fraction of sp³-hybridized carbons (Fsp3) is 0.200. The number of hydrogen-bond donors (Lipinski definition) is 0. The van der Waals surface area contributed by atoms with Crippen molar-refractivity contribution in [1.82, 2.24) is 19.4 Å². The summed E-state index contributed by atoms with van der Waals surface area (Å²) in [7, 11) is 0. The lowest BCUT2D eigenvalue weighted by molar-refractivity contribution is 0.0621. The Kier molecular flexibility index (Phi) is 5.03. The second-order valence-electron chi connectivity index (χ2n) is 7.69. The number of amides is 1. The smallest absolute Gasteiger partial charge is 0.272 e. The standard InChI is InChI=1S/C25H24N4O/c30-25(24-17-26-19-29(24)22-10-2-1-3-11-22)28-15-13-27(14-16-28)18-21-9-6-8-20-7-4-5-12-23(20)21/h1-12,17,19H,13-16,18H2. The minimum Gasteiger partial charge on any atom is -0.335 e. The summed E-state index contributed by atoms with van der Waals surface area (Å²) >= 11 is 0. The van der Waals surface area contributed by atoms with Crippen molar-refractivity contribution in [2.75, 3.05) is 26.2 Å². The Bertz CT molecular complexity index is 1150. The molecule has 0 saturated carbocycles. The molecule has 0 radical (unpaired) electrons. The molecule has 0 atom stereocenters. The summed E-state index contributed by atoms with van der Waals surface area (Å²) in [5.41, 5.74) is 2.91. The largest absolute Gasteiger partial charge is 0.335 e. The van der Waals surface area contributed by atoms with Gasteiger partial charge in [-0.25, -0.2) is 4.98 Å². The van der Waals surface area contributed by atoms with Gasteiger partial charge in [0, 0.05) is 38.4 Å². The van der Waals surface area contributed by atoms with Crippen LogP contribution in [0.3, 0.4) is 0 Å². The molecular formula is C25H24N4O. The van der Waals surface area contributed by atoms with Crippen molar-refractivity contribution < 1.29 is 4.79 Å². The minimum atomic E-state index is 0.0427. The van der Waals surface area contributed by atoms with Gasteiger partial charge in [-0.3, -0.25) is 14.3 Å². The third kappa shape index (κ3) is 3.60. The molecule has 1 amide bonds. The fourth-order valence-electron chi connectivity index (χ4n) is 4.19. The third-order valence-electron chi connectivity index (χ3n) is 5.83. The fourth-order valence-corrected chi connectivity index (χ4v) is 4.19. The molecule has 5 nitrogen and oxygen atoms in total. The Balaban J connectivity index is 1.27. The van der Waals surface area contributed by atoms with Gasteiger partial charge < -0.3 is 4.90 Å². The van der Waals surface area contributed by atoms with E-state index in [9.17, 15) is 4.79 Å². The Hall–Kier alpha value is -3.44. The molecule has 0 spiro atoms. The van der Waals surface area contributed by atoms with E-state index in [-0.39, 0.29) is 5.91 Å². The van der Waals surface area contributed by atoms with Gasteiger partial charge >= 0.3 is 0 Å². The summed E-state index contributed by atoms with van der Waals surface area (Å²) in [6, 6.07) is 24.9. The SMILES string of the molecule is O=C(c1cncn1-c1ccccc1)N1CCN(Cc2cccc3ccccc23)CC1. The lowest BCUT2D eigenvalue weighted by atomic mass is 10.0. The molecule has 1 saturated heterocycles. The number of para-hydroxylation sites is 1. The van der Waals surface area contributed by atoms with E-state index in [2.05, 4.69) is 52.3 Å². The van der Waals surface area contributed by atoms with Gasteiger partial charge in [0.05, 0.1) is 12.5 Å². The molecule has 1 aromatic heterocycles. The summed E-state index contributed by atoms with van der Waals surface area (Å²) in [5, 5.41) is 2.59. The number of hydrogen-bond acceptors (Lipinski definition) is 3.